The van der Waals surface area contributed by atoms with Crippen molar-refractivity contribution in [3.8, 4) is 0 Å². The molecule has 0 atom stereocenters. The van der Waals surface area contributed by atoms with Crippen LogP contribution >= 0.6 is 0 Å². The quantitative estimate of drug-likeness (QED) is 0.383. The average molecular weight is 496 g/mol. The number of aromatic nitrogens is 1. The van der Waals surface area contributed by atoms with Crippen LogP contribution in [0.15, 0.2) is 59.6 Å². The van der Waals surface area contributed by atoms with Crippen LogP contribution < -0.4 is 0 Å². The molecule has 11 heteroatoms. The largest absolute Gasteiger partial charge is 0.461 e. The van der Waals surface area contributed by atoms with E-state index in [0.717, 1.165) is 22.5 Å². The third-order valence-corrected chi connectivity index (χ3v) is 7.65. The maximum atomic E-state index is 13.9. The van der Waals surface area contributed by atoms with E-state index in [2.05, 4.69) is 4.98 Å². The van der Waals surface area contributed by atoms with E-state index >= 15 is 0 Å². The van der Waals surface area contributed by atoms with Crippen LogP contribution in [-0.2, 0) is 32.3 Å². The summed E-state index contributed by atoms with van der Waals surface area (Å²) in [5.41, 5.74) is -0.123. The second kappa shape index (κ2) is 9.30. The van der Waals surface area contributed by atoms with E-state index in [1.807, 2.05) is 0 Å². The normalized spacial score (nSPS) is 16.0. The van der Waals surface area contributed by atoms with Crippen molar-refractivity contribution in [2.45, 2.75) is 30.5 Å². The number of carbonyl (C=O) groups excluding carboxylic acids is 1. The zero-order valence-corrected chi connectivity index (χ0v) is 18.6. The fraction of sp³-hybridized carbons (Fsp3) is 0.304. The van der Waals surface area contributed by atoms with Crippen LogP contribution in [0, 0.1) is 11.7 Å². The van der Waals surface area contributed by atoms with Gasteiger partial charge in [-0.1, -0.05) is 12.1 Å². The molecule has 2 aromatic carbocycles. The summed E-state index contributed by atoms with van der Waals surface area (Å²) in [4.78, 5) is 16.2. The fourth-order valence-corrected chi connectivity index (χ4v) is 5.41. The van der Waals surface area contributed by atoms with E-state index in [-0.39, 0.29) is 32.5 Å². The first-order chi connectivity index (χ1) is 16.1. The molecule has 0 spiro atoms. The highest BCUT2D eigenvalue weighted by molar-refractivity contribution is 7.89. The monoisotopic (exact) mass is 496 g/mol. The lowest BCUT2D eigenvalue weighted by Crippen LogP contribution is -2.40. The van der Waals surface area contributed by atoms with Gasteiger partial charge in [-0.25, -0.2) is 12.8 Å². The van der Waals surface area contributed by atoms with Crippen LogP contribution in [0.5, 0.6) is 0 Å². The molecule has 0 radical (unpaired) electrons. The van der Waals surface area contributed by atoms with Crippen molar-refractivity contribution in [1.29, 1.82) is 0 Å². The molecule has 1 aromatic heterocycles. The molecule has 180 valence electrons. The molecule has 3 aromatic rings. The van der Waals surface area contributed by atoms with Crippen molar-refractivity contribution in [3.63, 3.8) is 0 Å². The number of hydrogen-bond acceptors (Lipinski definition) is 5. The Kier molecular flexibility index (Phi) is 6.59. The standard InChI is InChI=1S/C23H20F4N2O4S/c24-20-7-6-16(21-19(20)5-2-10-28-21)14-33-22(30)15-8-11-29(12-9-15)34(31,32)18-4-1-3-17(13-18)23(25,26)27/h1-7,10,13,15H,8-9,11-12,14H2. The predicted octanol–water partition coefficient (Wildman–Crippen LogP) is 4.54. The van der Waals surface area contributed by atoms with E-state index in [1.54, 1.807) is 12.1 Å². The Morgan fingerprint density at radius 2 is 1.82 bits per heavy atom. The van der Waals surface area contributed by atoms with E-state index in [4.69, 9.17) is 4.74 Å². The van der Waals surface area contributed by atoms with Gasteiger partial charge in [0.15, 0.2) is 0 Å². The molecular weight excluding hydrogens is 476 g/mol. The second-order valence-corrected chi connectivity index (χ2v) is 9.86. The maximum absolute atomic E-state index is 13.9. The third kappa shape index (κ3) is 4.90. The Bertz CT molecular complexity index is 1320. The van der Waals surface area contributed by atoms with E-state index in [1.165, 1.54) is 18.3 Å². The van der Waals surface area contributed by atoms with Crippen molar-refractivity contribution in [3.05, 3.63) is 71.7 Å². The minimum Gasteiger partial charge on any atom is -0.461 e. The summed E-state index contributed by atoms with van der Waals surface area (Å²) in [5.74, 6) is -1.52. The van der Waals surface area contributed by atoms with Crippen LogP contribution in [0.25, 0.3) is 10.9 Å². The highest BCUT2D eigenvalue weighted by atomic mass is 32.2. The number of nitrogens with zero attached hydrogens (tertiary/aromatic N) is 2. The molecule has 0 saturated carbocycles. The Labute approximate surface area is 193 Å². The first-order valence-electron chi connectivity index (χ1n) is 10.4. The molecule has 0 amide bonds. The molecule has 34 heavy (non-hydrogen) atoms. The summed E-state index contributed by atoms with van der Waals surface area (Å²) in [7, 11) is -4.14. The van der Waals surface area contributed by atoms with E-state index < -0.39 is 44.4 Å². The molecule has 4 rings (SSSR count). The maximum Gasteiger partial charge on any atom is 0.416 e. The third-order valence-electron chi connectivity index (χ3n) is 5.76. The van der Waals surface area contributed by atoms with Gasteiger partial charge in [-0.05, 0) is 49.2 Å². The number of alkyl halides is 3. The minimum absolute atomic E-state index is 0.0284. The lowest BCUT2D eigenvalue weighted by Gasteiger charge is -2.30. The van der Waals surface area contributed by atoms with Crippen molar-refractivity contribution in [1.82, 2.24) is 9.29 Å². The zero-order valence-electron chi connectivity index (χ0n) is 17.8. The van der Waals surface area contributed by atoms with Crippen molar-refractivity contribution < 1.29 is 35.5 Å². The van der Waals surface area contributed by atoms with Gasteiger partial charge in [-0.3, -0.25) is 9.78 Å². The minimum atomic E-state index is -4.66. The van der Waals surface area contributed by atoms with Crippen LogP contribution in [0.4, 0.5) is 17.6 Å². The van der Waals surface area contributed by atoms with Gasteiger partial charge < -0.3 is 4.74 Å². The van der Waals surface area contributed by atoms with Crippen LogP contribution in [0.2, 0.25) is 0 Å². The number of halogens is 4. The number of pyridine rings is 1. The van der Waals surface area contributed by atoms with Crippen molar-refractivity contribution >= 4 is 26.9 Å². The zero-order chi connectivity index (χ0) is 24.5. The Hall–Kier alpha value is -3.05. The SMILES string of the molecule is O=C(OCc1ccc(F)c2cccnc12)C1CCN(S(=O)(=O)c2cccc(C(F)(F)F)c2)CC1. The summed E-state index contributed by atoms with van der Waals surface area (Å²) in [6, 6.07) is 9.51. The number of piperidine rings is 1. The highest BCUT2D eigenvalue weighted by Crippen LogP contribution is 2.32. The summed E-state index contributed by atoms with van der Waals surface area (Å²) in [6.07, 6.45) is -2.82. The van der Waals surface area contributed by atoms with Gasteiger partial charge in [0.25, 0.3) is 0 Å². The number of ether oxygens (including phenoxy) is 1. The first-order valence-corrected chi connectivity index (χ1v) is 11.9. The smallest absolute Gasteiger partial charge is 0.416 e. The molecule has 6 nitrogen and oxygen atoms in total. The van der Waals surface area contributed by atoms with Crippen LogP contribution in [-0.4, -0.2) is 36.8 Å². The average Bonchev–Trinajstić information content (AvgIpc) is 2.83. The van der Waals surface area contributed by atoms with E-state index in [9.17, 15) is 30.8 Å². The number of esters is 1. The molecule has 1 fully saturated rings. The van der Waals surface area contributed by atoms with Crippen molar-refractivity contribution in [2.75, 3.05) is 13.1 Å². The number of sulfonamides is 1. The predicted molar refractivity (Wildman–Crippen MR) is 114 cm³/mol. The van der Waals surface area contributed by atoms with Gasteiger partial charge >= 0.3 is 12.1 Å². The molecule has 0 N–H and O–H groups in total. The van der Waals surface area contributed by atoms with Crippen LogP contribution in [0.3, 0.4) is 0 Å². The Morgan fingerprint density at radius 1 is 1.09 bits per heavy atom. The van der Waals surface area contributed by atoms with Gasteiger partial charge in [-0.15, -0.1) is 0 Å². The Balaban J connectivity index is 1.38. The molecule has 0 bridgehead atoms. The molecule has 0 unspecified atom stereocenters. The molecule has 0 aliphatic carbocycles. The summed E-state index contributed by atoms with van der Waals surface area (Å²) in [5, 5.41) is 0.309. The summed E-state index contributed by atoms with van der Waals surface area (Å²) < 4.78 is 84.9. The van der Waals surface area contributed by atoms with Gasteiger partial charge in [0.05, 0.1) is 21.9 Å². The van der Waals surface area contributed by atoms with Gasteiger partial charge in [0.2, 0.25) is 10.0 Å². The lowest BCUT2D eigenvalue weighted by molar-refractivity contribution is -0.151. The summed E-state index contributed by atoms with van der Waals surface area (Å²) >= 11 is 0. The number of fused-ring (bicyclic) bond motifs is 1. The second-order valence-electron chi connectivity index (χ2n) is 7.92. The first kappa shape index (κ1) is 24.1. The van der Waals surface area contributed by atoms with Crippen molar-refractivity contribution in [2.24, 2.45) is 5.92 Å². The number of carbonyl (C=O) groups is 1. The van der Waals surface area contributed by atoms with Gasteiger partial charge in [0.1, 0.15) is 12.4 Å². The Morgan fingerprint density at radius 3 is 2.53 bits per heavy atom. The number of hydrogen-bond donors (Lipinski definition) is 0. The summed E-state index contributed by atoms with van der Waals surface area (Å²) in [6.45, 7) is -0.172. The van der Waals surface area contributed by atoms with Crippen LogP contribution in [0.1, 0.15) is 24.0 Å². The molecule has 2 heterocycles. The van der Waals surface area contributed by atoms with Gasteiger partial charge in [0, 0.05) is 30.2 Å². The molecular formula is C23H20F4N2O4S. The number of rotatable bonds is 5. The molecule has 1 aliphatic rings. The van der Waals surface area contributed by atoms with Gasteiger partial charge in [-0.2, -0.15) is 17.5 Å². The fourth-order valence-electron chi connectivity index (χ4n) is 3.89. The topological polar surface area (TPSA) is 76.6 Å². The highest BCUT2D eigenvalue weighted by Gasteiger charge is 2.35. The number of benzene rings is 2. The van der Waals surface area contributed by atoms with E-state index in [0.29, 0.717) is 22.5 Å². The lowest BCUT2D eigenvalue weighted by atomic mass is 9.98. The molecule has 1 saturated heterocycles. The molecule has 1 aliphatic heterocycles.